The van der Waals surface area contributed by atoms with Crippen molar-refractivity contribution in [2.75, 3.05) is 23.5 Å². The standard InChI is InChI=1S/C20H18BrClN2O4S2/c1-28-17-5-3-2-4-12(17)8-19(25)23-20-24(15-7-6-13(21)9-14(15)22)16-10-30(26,27)11-18(16)29-20/h2-7,9,16,18H,8,10-11H2,1H3/t16-,18-/m0/s1. The number of nitrogens with zero attached hydrogens (tertiary/aromatic N) is 2. The number of amides is 1. The minimum absolute atomic E-state index is 0.0107. The van der Waals surface area contributed by atoms with Crippen LogP contribution in [0.3, 0.4) is 0 Å². The second kappa shape index (κ2) is 8.53. The zero-order valence-electron chi connectivity index (χ0n) is 15.9. The van der Waals surface area contributed by atoms with Gasteiger partial charge in [-0.2, -0.15) is 4.99 Å². The van der Waals surface area contributed by atoms with Crippen LogP contribution < -0.4 is 9.64 Å². The van der Waals surface area contributed by atoms with Crippen LogP contribution in [0, 0.1) is 0 Å². The summed E-state index contributed by atoms with van der Waals surface area (Å²) < 4.78 is 30.5. The number of hydrogen-bond donors (Lipinski definition) is 0. The van der Waals surface area contributed by atoms with Gasteiger partial charge < -0.3 is 9.64 Å². The number of aliphatic imine (C=N–C) groups is 1. The first kappa shape index (κ1) is 21.7. The lowest BCUT2D eigenvalue weighted by Crippen LogP contribution is -2.38. The maximum Gasteiger partial charge on any atom is 0.252 e. The van der Waals surface area contributed by atoms with E-state index >= 15 is 0 Å². The number of para-hydroxylation sites is 1. The van der Waals surface area contributed by atoms with Gasteiger partial charge in [-0.1, -0.05) is 57.5 Å². The summed E-state index contributed by atoms with van der Waals surface area (Å²) in [5.41, 5.74) is 1.38. The van der Waals surface area contributed by atoms with Gasteiger partial charge in [0.1, 0.15) is 5.75 Å². The minimum Gasteiger partial charge on any atom is -0.496 e. The van der Waals surface area contributed by atoms with Crippen LogP contribution in [-0.4, -0.2) is 49.4 Å². The van der Waals surface area contributed by atoms with Crippen LogP contribution in [0.4, 0.5) is 5.69 Å². The van der Waals surface area contributed by atoms with E-state index in [1.807, 2.05) is 24.3 Å². The second-order valence-corrected chi connectivity index (χ2v) is 11.7. The molecule has 0 spiro atoms. The molecular weight excluding hydrogens is 512 g/mol. The quantitative estimate of drug-likeness (QED) is 0.597. The molecule has 4 rings (SSSR count). The number of amidine groups is 1. The van der Waals surface area contributed by atoms with Crippen molar-refractivity contribution in [1.82, 2.24) is 0 Å². The summed E-state index contributed by atoms with van der Waals surface area (Å²) in [6.45, 7) is 0. The van der Waals surface area contributed by atoms with Crippen molar-refractivity contribution in [1.29, 1.82) is 0 Å². The van der Waals surface area contributed by atoms with Gasteiger partial charge in [0.05, 0.1) is 41.8 Å². The maximum atomic E-state index is 12.8. The van der Waals surface area contributed by atoms with Crippen molar-refractivity contribution in [2.24, 2.45) is 4.99 Å². The lowest BCUT2D eigenvalue weighted by Gasteiger charge is -2.25. The Morgan fingerprint density at radius 1 is 1.30 bits per heavy atom. The zero-order chi connectivity index (χ0) is 21.5. The van der Waals surface area contributed by atoms with Crippen LogP contribution in [0.1, 0.15) is 5.56 Å². The lowest BCUT2D eigenvalue weighted by molar-refractivity contribution is -0.117. The average Bonchev–Trinajstić information content (AvgIpc) is 3.13. The van der Waals surface area contributed by atoms with Gasteiger partial charge in [0.2, 0.25) is 0 Å². The summed E-state index contributed by atoms with van der Waals surface area (Å²) in [7, 11) is -1.59. The van der Waals surface area contributed by atoms with Gasteiger partial charge in [-0.05, 0) is 24.3 Å². The fraction of sp³-hybridized carbons (Fsp3) is 0.300. The van der Waals surface area contributed by atoms with E-state index < -0.39 is 9.84 Å². The first-order chi connectivity index (χ1) is 14.3. The monoisotopic (exact) mass is 528 g/mol. The van der Waals surface area contributed by atoms with E-state index in [0.717, 1.165) is 10.0 Å². The number of halogens is 2. The molecule has 0 unspecified atom stereocenters. The molecule has 6 nitrogen and oxygen atoms in total. The van der Waals surface area contributed by atoms with E-state index in [0.29, 0.717) is 21.6 Å². The number of carbonyl (C=O) groups is 1. The fourth-order valence-corrected chi connectivity index (χ4v) is 8.37. The number of anilines is 1. The smallest absolute Gasteiger partial charge is 0.252 e. The number of ether oxygens (including phenoxy) is 1. The number of benzene rings is 2. The first-order valence-electron chi connectivity index (χ1n) is 9.12. The molecule has 1 amide bonds. The molecule has 2 atom stereocenters. The Bertz CT molecular complexity index is 1140. The number of thioether (sulfide) groups is 1. The summed E-state index contributed by atoms with van der Waals surface area (Å²) in [5, 5.41) is 0.747. The molecule has 2 aliphatic heterocycles. The number of methoxy groups -OCH3 is 1. The first-order valence-corrected chi connectivity index (χ1v) is 13.0. The molecule has 0 N–H and O–H groups in total. The van der Waals surface area contributed by atoms with Crippen molar-refractivity contribution in [3.8, 4) is 5.75 Å². The van der Waals surface area contributed by atoms with Crippen LogP contribution in [0.25, 0.3) is 0 Å². The molecule has 0 aliphatic carbocycles. The van der Waals surface area contributed by atoms with Gasteiger partial charge in [-0.15, -0.1) is 0 Å². The van der Waals surface area contributed by atoms with Crippen LogP contribution in [0.2, 0.25) is 5.02 Å². The summed E-state index contributed by atoms with van der Waals surface area (Å²) in [4.78, 5) is 18.9. The van der Waals surface area contributed by atoms with Gasteiger partial charge >= 0.3 is 0 Å². The van der Waals surface area contributed by atoms with Gasteiger partial charge in [-0.3, -0.25) is 4.79 Å². The number of rotatable bonds is 4. The Kier molecular flexibility index (Phi) is 6.16. The number of carbonyl (C=O) groups excluding carboxylic acids is 1. The highest BCUT2D eigenvalue weighted by Crippen LogP contribution is 2.43. The third-order valence-corrected chi connectivity index (χ3v) is 9.00. The van der Waals surface area contributed by atoms with Gasteiger partial charge in [-0.25, -0.2) is 8.42 Å². The summed E-state index contributed by atoms with van der Waals surface area (Å²) in [6, 6.07) is 12.4. The van der Waals surface area contributed by atoms with E-state index in [9.17, 15) is 13.2 Å². The van der Waals surface area contributed by atoms with Crippen molar-refractivity contribution < 1.29 is 17.9 Å². The van der Waals surface area contributed by atoms with Crippen molar-refractivity contribution in [3.63, 3.8) is 0 Å². The van der Waals surface area contributed by atoms with Crippen LogP contribution >= 0.6 is 39.3 Å². The normalized spacial score (nSPS) is 23.6. The van der Waals surface area contributed by atoms with E-state index in [1.165, 1.54) is 11.8 Å². The van der Waals surface area contributed by atoms with E-state index in [-0.39, 0.29) is 35.1 Å². The summed E-state index contributed by atoms with van der Waals surface area (Å²) >= 11 is 11.2. The van der Waals surface area contributed by atoms with Crippen molar-refractivity contribution in [2.45, 2.75) is 17.7 Å². The Morgan fingerprint density at radius 3 is 2.80 bits per heavy atom. The lowest BCUT2D eigenvalue weighted by atomic mass is 10.1. The highest BCUT2D eigenvalue weighted by molar-refractivity contribution is 9.10. The Morgan fingerprint density at radius 2 is 2.07 bits per heavy atom. The fourth-order valence-electron chi connectivity index (χ4n) is 3.68. The SMILES string of the molecule is COc1ccccc1CC(=O)N=C1S[C@H]2CS(=O)(=O)C[C@@H]2N1c1ccc(Br)cc1Cl. The van der Waals surface area contributed by atoms with Crippen LogP contribution in [0.5, 0.6) is 5.75 Å². The average molecular weight is 530 g/mol. The summed E-state index contributed by atoms with van der Waals surface area (Å²) in [6.07, 6.45) is 0.0869. The molecule has 2 aliphatic rings. The highest BCUT2D eigenvalue weighted by atomic mass is 79.9. The predicted molar refractivity (Wildman–Crippen MR) is 125 cm³/mol. The molecule has 2 heterocycles. The summed E-state index contributed by atoms with van der Waals surface area (Å²) in [5.74, 6) is 0.368. The molecule has 0 bridgehead atoms. The second-order valence-electron chi connectivity index (χ2n) is 7.04. The van der Waals surface area contributed by atoms with Crippen molar-refractivity contribution >= 4 is 65.9 Å². The van der Waals surface area contributed by atoms with Gasteiger partial charge in [0, 0.05) is 15.3 Å². The molecule has 0 radical (unpaired) electrons. The molecule has 2 aromatic carbocycles. The molecule has 158 valence electrons. The predicted octanol–water partition coefficient (Wildman–Crippen LogP) is 3.96. The topological polar surface area (TPSA) is 76.0 Å². The van der Waals surface area contributed by atoms with Gasteiger partial charge in [0.15, 0.2) is 15.0 Å². The Hall–Kier alpha value is -1.55. The van der Waals surface area contributed by atoms with Crippen LogP contribution in [-0.2, 0) is 21.1 Å². The molecule has 30 heavy (non-hydrogen) atoms. The van der Waals surface area contributed by atoms with Gasteiger partial charge in [0.25, 0.3) is 5.91 Å². The zero-order valence-corrected chi connectivity index (χ0v) is 19.9. The van der Waals surface area contributed by atoms with E-state index in [2.05, 4.69) is 20.9 Å². The molecule has 10 heteroatoms. The third kappa shape index (κ3) is 4.39. The Balaban J connectivity index is 1.68. The number of sulfone groups is 1. The number of hydrogen-bond acceptors (Lipinski definition) is 5. The van der Waals surface area contributed by atoms with Crippen molar-refractivity contribution in [3.05, 3.63) is 57.5 Å². The molecule has 0 saturated carbocycles. The highest BCUT2D eigenvalue weighted by Gasteiger charge is 2.49. The van der Waals surface area contributed by atoms with E-state index in [4.69, 9.17) is 16.3 Å². The largest absolute Gasteiger partial charge is 0.496 e. The Labute approximate surface area is 192 Å². The molecule has 0 aromatic heterocycles. The third-order valence-electron chi connectivity index (χ3n) is 4.99. The molecule has 2 saturated heterocycles. The minimum atomic E-state index is -3.15. The molecular formula is C20H18BrClN2O4S2. The maximum absolute atomic E-state index is 12.8. The number of fused-ring (bicyclic) bond motifs is 1. The molecule has 2 fully saturated rings. The molecule has 2 aromatic rings. The van der Waals surface area contributed by atoms with E-state index in [1.54, 1.807) is 30.2 Å². The van der Waals surface area contributed by atoms with Crippen LogP contribution in [0.15, 0.2) is 51.9 Å².